The van der Waals surface area contributed by atoms with Crippen molar-refractivity contribution in [1.29, 1.82) is 0 Å². The number of rotatable bonds is 8. The zero-order chi connectivity index (χ0) is 25.8. The molecule has 0 saturated carbocycles. The molecule has 2 aliphatic heterocycles. The summed E-state index contributed by atoms with van der Waals surface area (Å²) in [5, 5.41) is 27.8. The highest BCUT2D eigenvalue weighted by atomic mass is 16.6. The van der Waals surface area contributed by atoms with Crippen molar-refractivity contribution >= 4 is 17.6 Å². The van der Waals surface area contributed by atoms with Crippen LogP contribution in [0.15, 0.2) is 77.1 Å². The van der Waals surface area contributed by atoms with Crippen molar-refractivity contribution in [1.82, 2.24) is 10.6 Å². The largest absolute Gasteiger partial charge is 0.478 e. The van der Waals surface area contributed by atoms with E-state index < -0.39 is 28.9 Å². The van der Waals surface area contributed by atoms with Crippen LogP contribution in [0.3, 0.4) is 0 Å². The van der Waals surface area contributed by atoms with E-state index in [1.165, 1.54) is 18.2 Å². The molecule has 9 nitrogen and oxygen atoms in total. The summed E-state index contributed by atoms with van der Waals surface area (Å²) in [4.78, 5) is 36.9. The zero-order valence-corrected chi connectivity index (χ0v) is 20.2. The maximum absolute atomic E-state index is 13.8. The molecule has 3 N–H and O–H groups in total. The van der Waals surface area contributed by atoms with E-state index in [4.69, 9.17) is 4.74 Å². The quantitative estimate of drug-likeness (QED) is 0.290. The summed E-state index contributed by atoms with van der Waals surface area (Å²) in [6, 6.07) is 15.5. The molecule has 2 aliphatic rings. The van der Waals surface area contributed by atoms with Crippen LogP contribution in [0.2, 0.25) is 0 Å². The van der Waals surface area contributed by atoms with E-state index in [9.17, 15) is 24.8 Å². The Hall–Kier alpha value is -3.98. The number of benzene rings is 2. The number of non-ortho nitro benzene ring substituents is 1. The molecule has 9 heteroatoms. The summed E-state index contributed by atoms with van der Waals surface area (Å²) in [5.41, 5.74) is 2.12. The average Bonchev–Trinajstić information content (AvgIpc) is 3.38. The Kier molecular flexibility index (Phi) is 7.49. The molecule has 4 rings (SSSR count). The molecule has 1 saturated heterocycles. The third kappa shape index (κ3) is 5.31. The Morgan fingerprint density at radius 3 is 2.47 bits per heavy atom. The molecule has 36 heavy (non-hydrogen) atoms. The molecule has 2 aromatic carbocycles. The van der Waals surface area contributed by atoms with Gasteiger partial charge in [-0.2, -0.15) is 0 Å². The van der Waals surface area contributed by atoms with E-state index in [0.29, 0.717) is 23.4 Å². The molecule has 0 spiro atoms. The first-order valence-corrected chi connectivity index (χ1v) is 11.9. The van der Waals surface area contributed by atoms with E-state index in [1.807, 2.05) is 30.3 Å². The first kappa shape index (κ1) is 25.1. The zero-order valence-electron chi connectivity index (χ0n) is 20.2. The number of hydrogen-bond acceptors (Lipinski definition) is 7. The molecule has 188 valence electrons. The minimum absolute atomic E-state index is 0.0461. The number of nitro groups is 1. The van der Waals surface area contributed by atoms with Crippen molar-refractivity contribution < 1.29 is 24.4 Å². The Balaban J connectivity index is 1.72. The highest BCUT2D eigenvalue weighted by Crippen LogP contribution is 2.40. The van der Waals surface area contributed by atoms with Crippen LogP contribution in [0.5, 0.6) is 0 Å². The van der Waals surface area contributed by atoms with Crippen molar-refractivity contribution in [2.75, 3.05) is 13.1 Å². The lowest BCUT2D eigenvalue weighted by Gasteiger charge is -2.31. The fourth-order valence-corrected chi connectivity index (χ4v) is 5.05. The van der Waals surface area contributed by atoms with Crippen LogP contribution in [0.4, 0.5) is 5.69 Å². The van der Waals surface area contributed by atoms with Crippen LogP contribution in [-0.4, -0.2) is 41.2 Å². The van der Waals surface area contributed by atoms with Crippen LogP contribution in [0.25, 0.3) is 0 Å². The first-order chi connectivity index (χ1) is 17.3. The molecule has 0 bridgehead atoms. The van der Waals surface area contributed by atoms with Gasteiger partial charge in [-0.3, -0.25) is 10.1 Å². The lowest BCUT2D eigenvalue weighted by molar-refractivity contribution is -0.384. The number of nitro benzene ring substituents is 1. The fraction of sp³-hybridized carbons (Fsp3) is 0.333. The summed E-state index contributed by atoms with van der Waals surface area (Å²) in [7, 11) is 0. The highest BCUT2D eigenvalue weighted by Gasteiger charge is 2.39. The predicted molar refractivity (Wildman–Crippen MR) is 133 cm³/mol. The van der Waals surface area contributed by atoms with Gasteiger partial charge in [-0.15, -0.1) is 0 Å². The van der Waals surface area contributed by atoms with Crippen LogP contribution in [0.1, 0.15) is 37.3 Å². The van der Waals surface area contributed by atoms with Gasteiger partial charge in [-0.05, 0) is 37.9 Å². The number of esters is 1. The third-order valence-corrected chi connectivity index (χ3v) is 6.79. The van der Waals surface area contributed by atoms with Gasteiger partial charge >= 0.3 is 11.9 Å². The summed E-state index contributed by atoms with van der Waals surface area (Å²) >= 11 is 0. The second-order valence-electron chi connectivity index (χ2n) is 9.18. The molecule has 0 aromatic heterocycles. The molecule has 2 heterocycles. The van der Waals surface area contributed by atoms with Gasteiger partial charge < -0.3 is 20.5 Å². The molecule has 2 aromatic rings. The normalized spacial score (nSPS) is 20.6. The predicted octanol–water partition coefficient (Wildman–Crippen LogP) is 3.68. The number of nitrogens with zero attached hydrogens (tertiary/aromatic N) is 1. The maximum Gasteiger partial charge on any atom is 0.337 e. The van der Waals surface area contributed by atoms with E-state index in [0.717, 1.165) is 25.1 Å². The summed E-state index contributed by atoms with van der Waals surface area (Å²) < 4.78 is 6.11. The van der Waals surface area contributed by atoms with Crippen molar-refractivity contribution in [3.8, 4) is 0 Å². The smallest absolute Gasteiger partial charge is 0.337 e. The summed E-state index contributed by atoms with van der Waals surface area (Å²) in [6.45, 7) is 4.85. The van der Waals surface area contributed by atoms with Crippen molar-refractivity contribution in [3.05, 3.63) is 98.4 Å². The van der Waals surface area contributed by atoms with Crippen molar-refractivity contribution in [2.45, 2.75) is 38.7 Å². The number of dihydropyridines is 1. The Labute approximate surface area is 209 Å². The van der Waals surface area contributed by atoms with Gasteiger partial charge in [0.1, 0.15) is 6.10 Å². The second-order valence-corrected chi connectivity index (χ2v) is 9.18. The number of nitrogens with one attached hydrogen (secondary N) is 2. The van der Waals surface area contributed by atoms with Crippen LogP contribution >= 0.6 is 0 Å². The number of aliphatic carboxylic acids is 1. The molecule has 3 unspecified atom stereocenters. The van der Waals surface area contributed by atoms with Crippen LogP contribution < -0.4 is 10.6 Å². The monoisotopic (exact) mass is 491 g/mol. The standard InChI is InChI=1S/C27H29N3O6/c1-16-23(26(31)32)25(19-9-6-10-21(14-19)30(34)35)24(17(2)29-16)27(33)36-22(20-11-12-28-15-20)13-18-7-4-3-5-8-18/h3-10,14,20,22,25,28-29H,11-13,15H2,1-2H3,(H,31,32). The van der Waals surface area contributed by atoms with Crippen LogP contribution in [0, 0.1) is 16.0 Å². The van der Waals surface area contributed by atoms with Gasteiger partial charge in [0.25, 0.3) is 5.69 Å². The van der Waals surface area contributed by atoms with E-state index in [-0.39, 0.29) is 22.8 Å². The SMILES string of the molecule is CC1=C(C(=O)O)C(c2cccc([N+](=O)[O-])c2)C(C(=O)OC(Cc2ccccc2)C2CCNC2)=C(C)N1. The molecule has 0 amide bonds. The van der Waals surface area contributed by atoms with Gasteiger partial charge in [-0.1, -0.05) is 42.5 Å². The molecular weight excluding hydrogens is 462 g/mol. The molecule has 0 radical (unpaired) electrons. The van der Waals surface area contributed by atoms with Crippen molar-refractivity contribution in [2.24, 2.45) is 5.92 Å². The van der Waals surface area contributed by atoms with Crippen LogP contribution in [-0.2, 0) is 20.7 Å². The van der Waals surface area contributed by atoms with Gasteiger partial charge in [0.2, 0.25) is 0 Å². The minimum Gasteiger partial charge on any atom is -0.478 e. The lowest BCUT2D eigenvalue weighted by Crippen LogP contribution is -2.36. The Morgan fingerprint density at radius 2 is 1.83 bits per heavy atom. The fourth-order valence-electron chi connectivity index (χ4n) is 5.05. The molecule has 0 aliphatic carbocycles. The topological polar surface area (TPSA) is 131 Å². The third-order valence-electron chi connectivity index (χ3n) is 6.79. The summed E-state index contributed by atoms with van der Waals surface area (Å²) in [5.74, 6) is -2.75. The molecular formula is C27H29N3O6. The number of carboxylic acid groups (broad SMARTS) is 1. The van der Waals surface area contributed by atoms with Crippen molar-refractivity contribution in [3.63, 3.8) is 0 Å². The number of carbonyl (C=O) groups excluding carboxylic acids is 1. The number of carbonyl (C=O) groups is 2. The minimum atomic E-state index is -1.21. The molecule has 3 atom stereocenters. The van der Waals surface area contributed by atoms with Gasteiger partial charge in [-0.25, -0.2) is 9.59 Å². The summed E-state index contributed by atoms with van der Waals surface area (Å²) in [6.07, 6.45) is 0.969. The number of allylic oxidation sites excluding steroid dienone is 2. The number of ether oxygens (including phenoxy) is 1. The van der Waals surface area contributed by atoms with E-state index in [1.54, 1.807) is 19.9 Å². The number of carboxylic acids is 1. The molecule has 1 fully saturated rings. The van der Waals surface area contributed by atoms with E-state index >= 15 is 0 Å². The second kappa shape index (κ2) is 10.7. The van der Waals surface area contributed by atoms with E-state index in [2.05, 4.69) is 10.6 Å². The highest BCUT2D eigenvalue weighted by molar-refractivity contribution is 5.99. The average molecular weight is 492 g/mol. The first-order valence-electron chi connectivity index (χ1n) is 11.9. The maximum atomic E-state index is 13.8. The lowest BCUT2D eigenvalue weighted by atomic mass is 9.80. The number of hydrogen-bond donors (Lipinski definition) is 3. The Morgan fingerprint density at radius 1 is 1.11 bits per heavy atom. The van der Waals surface area contributed by atoms with Gasteiger partial charge in [0.05, 0.1) is 22.0 Å². The van der Waals surface area contributed by atoms with Gasteiger partial charge in [0, 0.05) is 42.4 Å². The van der Waals surface area contributed by atoms with Gasteiger partial charge in [0.15, 0.2) is 0 Å². The Bertz CT molecular complexity index is 1230.